The molecule has 4 rings (SSSR count). The van der Waals surface area contributed by atoms with Gasteiger partial charge < -0.3 is 4.90 Å². The van der Waals surface area contributed by atoms with Gasteiger partial charge in [0.2, 0.25) is 0 Å². The summed E-state index contributed by atoms with van der Waals surface area (Å²) in [4.78, 5) is 2.36. The summed E-state index contributed by atoms with van der Waals surface area (Å²) in [5.41, 5.74) is 1.39. The summed E-state index contributed by atoms with van der Waals surface area (Å²) in [6.45, 7) is 3.21. The Labute approximate surface area is 167 Å². The summed E-state index contributed by atoms with van der Waals surface area (Å²) in [7, 11) is 2.15. The van der Waals surface area contributed by atoms with Crippen molar-refractivity contribution >= 4 is 0 Å². The second-order valence-corrected chi connectivity index (χ2v) is 8.87. The van der Waals surface area contributed by atoms with E-state index >= 15 is 0 Å². The molecule has 1 unspecified atom stereocenters. The van der Waals surface area contributed by atoms with Gasteiger partial charge in [-0.05, 0) is 81.2 Å². The molecule has 150 valence electrons. The van der Waals surface area contributed by atoms with Gasteiger partial charge in [0.05, 0.1) is 0 Å². The minimum Gasteiger partial charge on any atom is -0.303 e. The monoisotopic (exact) mass is 383 g/mol. The molecule has 0 saturated heterocycles. The lowest BCUT2D eigenvalue weighted by atomic mass is 9.89. The molecule has 0 bridgehead atoms. The van der Waals surface area contributed by atoms with Crippen molar-refractivity contribution in [3.05, 3.63) is 70.8 Å². The van der Waals surface area contributed by atoms with E-state index in [1.165, 1.54) is 5.56 Å². The van der Waals surface area contributed by atoms with Crippen LogP contribution in [0.3, 0.4) is 0 Å². The Kier molecular flexibility index (Phi) is 5.30. The van der Waals surface area contributed by atoms with E-state index in [-0.39, 0.29) is 0 Å². The Morgan fingerprint density at radius 1 is 0.857 bits per heavy atom. The van der Waals surface area contributed by atoms with E-state index < -0.39 is 11.3 Å². The Morgan fingerprint density at radius 3 is 1.96 bits per heavy atom. The van der Waals surface area contributed by atoms with Crippen molar-refractivity contribution < 1.29 is 8.78 Å². The zero-order chi connectivity index (χ0) is 19.8. The molecule has 2 aromatic carbocycles. The van der Waals surface area contributed by atoms with E-state index in [1.54, 1.807) is 0 Å². The molecule has 28 heavy (non-hydrogen) atoms. The van der Waals surface area contributed by atoms with Gasteiger partial charge in [-0.25, -0.2) is 8.78 Å². The zero-order valence-electron chi connectivity index (χ0n) is 17.1. The van der Waals surface area contributed by atoms with E-state index in [1.807, 2.05) is 24.3 Å². The Bertz CT molecular complexity index is 772. The van der Waals surface area contributed by atoms with Crippen molar-refractivity contribution in [3.63, 3.8) is 0 Å². The van der Waals surface area contributed by atoms with Gasteiger partial charge in [0.15, 0.2) is 0 Å². The minimum atomic E-state index is -1.21. The maximum atomic E-state index is 14.9. The fraction of sp³-hybridized carbons (Fsp3) is 0.520. The number of likely N-dealkylation sites (N-methyl/N-ethyl adjacent to an activating group) is 1. The average molecular weight is 384 g/mol. The molecule has 2 aliphatic carbocycles. The van der Waals surface area contributed by atoms with Crippen LogP contribution in [-0.2, 0) is 24.2 Å². The van der Waals surface area contributed by atoms with Crippen molar-refractivity contribution in [2.24, 2.45) is 0 Å². The molecule has 0 aliphatic heterocycles. The molecule has 0 spiro atoms. The van der Waals surface area contributed by atoms with Crippen molar-refractivity contribution in [1.29, 1.82) is 0 Å². The summed E-state index contributed by atoms with van der Waals surface area (Å²) >= 11 is 0. The van der Waals surface area contributed by atoms with Crippen LogP contribution in [0.15, 0.2) is 48.5 Å². The number of hydrogen-bond donors (Lipinski definition) is 0. The first-order valence-electron chi connectivity index (χ1n) is 10.7. The topological polar surface area (TPSA) is 3.24 Å². The van der Waals surface area contributed by atoms with E-state index in [0.717, 1.165) is 42.5 Å². The van der Waals surface area contributed by atoms with E-state index in [0.29, 0.717) is 31.7 Å². The third-order valence-electron chi connectivity index (χ3n) is 6.68. The number of alkyl halides is 2. The quantitative estimate of drug-likeness (QED) is 0.506. The summed E-state index contributed by atoms with van der Waals surface area (Å²) in [5.74, 6) is 0. The predicted molar refractivity (Wildman–Crippen MR) is 111 cm³/mol. The van der Waals surface area contributed by atoms with Crippen LogP contribution < -0.4 is 0 Å². The van der Waals surface area contributed by atoms with Gasteiger partial charge in [-0.3, -0.25) is 0 Å². The first-order chi connectivity index (χ1) is 13.4. The Balaban J connectivity index is 1.42. The highest BCUT2D eigenvalue weighted by atomic mass is 19.1. The summed E-state index contributed by atoms with van der Waals surface area (Å²) < 4.78 is 29.9. The maximum absolute atomic E-state index is 14.9. The van der Waals surface area contributed by atoms with Gasteiger partial charge in [0.25, 0.3) is 0 Å². The van der Waals surface area contributed by atoms with Crippen molar-refractivity contribution in [3.8, 4) is 0 Å². The molecule has 1 atom stereocenters. The first-order valence-corrected chi connectivity index (χ1v) is 10.7. The SMILES string of the molecule is CC(CCc1c(C2(F)CC2)cccc1C1(F)CC1)N(C)CCc1ccccc1. The van der Waals surface area contributed by atoms with E-state index in [9.17, 15) is 8.78 Å². The lowest BCUT2D eigenvalue weighted by Gasteiger charge is -2.26. The largest absolute Gasteiger partial charge is 0.303 e. The van der Waals surface area contributed by atoms with Gasteiger partial charge in [-0.15, -0.1) is 0 Å². The van der Waals surface area contributed by atoms with Crippen molar-refractivity contribution in [1.82, 2.24) is 4.90 Å². The lowest BCUT2D eigenvalue weighted by Crippen LogP contribution is -2.31. The molecule has 0 radical (unpaired) electrons. The Morgan fingerprint density at radius 2 is 1.43 bits per heavy atom. The summed E-state index contributed by atoms with van der Waals surface area (Å²) in [5, 5.41) is 0. The third-order valence-corrected chi connectivity index (χ3v) is 6.68. The zero-order valence-corrected chi connectivity index (χ0v) is 17.1. The van der Waals surface area contributed by atoms with Crippen molar-refractivity contribution in [2.45, 2.75) is 69.2 Å². The normalized spacial score (nSPS) is 20.2. The molecule has 0 amide bonds. The summed E-state index contributed by atoms with van der Waals surface area (Å²) in [6, 6.07) is 16.5. The van der Waals surface area contributed by atoms with Gasteiger partial charge in [-0.2, -0.15) is 0 Å². The second kappa shape index (κ2) is 7.59. The standard InChI is InChI=1S/C25H31F2N/c1-19(28(2)18-13-20-7-4-3-5-8-20)11-12-21-22(24(26)14-15-24)9-6-10-23(21)25(27)16-17-25/h3-10,19H,11-18H2,1-2H3. The molecule has 0 heterocycles. The van der Waals surface area contributed by atoms with Crippen LogP contribution in [0.25, 0.3) is 0 Å². The molecule has 2 saturated carbocycles. The highest BCUT2D eigenvalue weighted by molar-refractivity contribution is 5.46. The van der Waals surface area contributed by atoms with E-state index in [2.05, 4.69) is 43.1 Å². The lowest BCUT2D eigenvalue weighted by molar-refractivity contribution is 0.247. The van der Waals surface area contributed by atoms with Crippen LogP contribution in [0.1, 0.15) is 61.3 Å². The molecule has 1 nitrogen and oxygen atoms in total. The highest BCUT2D eigenvalue weighted by Gasteiger charge is 2.50. The molecule has 2 aliphatic rings. The van der Waals surface area contributed by atoms with Crippen LogP contribution in [-0.4, -0.2) is 24.5 Å². The van der Waals surface area contributed by atoms with Crippen LogP contribution >= 0.6 is 0 Å². The predicted octanol–water partition coefficient (Wildman–Crippen LogP) is 6.10. The minimum absolute atomic E-state index is 0.370. The smallest absolute Gasteiger partial charge is 0.136 e. The third kappa shape index (κ3) is 4.15. The maximum Gasteiger partial charge on any atom is 0.136 e. The molecule has 2 aromatic rings. The average Bonchev–Trinajstić information content (AvgIpc) is 3.64. The van der Waals surface area contributed by atoms with Crippen molar-refractivity contribution in [2.75, 3.05) is 13.6 Å². The molecular formula is C25H31F2N. The number of halogens is 2. The summed E-state index contributed by atoms with van der Waals surface area (Å²) in [6.07, 6.45) is 5.00. The number of hydrogen-bond acceptors (Lipinski definition) is 1. The van der Waals surface area contributed by atoms with Crippen LogP contribution in [0, 0.1) is 0 Å². The number of nitrogens with zero attached hydrogens (tertiary/aromatic N) is 1. The second-order valence-electron chi connectivity index (χ2n) is 8.87. The van der Waals surface area contributed by atoms with E-state index in [4.69, 9.17) is 0 Å². The number of rotatable bonds is 9. The fourth-order valence-electron chi connectivity index (χ4n) is 4.20. The molecular weight excluding hydrogens is 352 g/mol. The molecule has 3 heteroatoms. The van der Waals surface area contributed by atoms with Crippen LogP contribution in [0.4, 0.5) is 8.78 Å². The number of benzene rings is 2. The molecule has 0 N–H and O–H groups in total. The molecule has 2 fully saturated rings. The fourth-order valence-corrected chi connectivity index (χ4v) is 4.20. The van der Waals surface area contributed by atoms with Gasteiger partial charge in [0, 0.05) is 12.6 Å². The van der Waals surface area contributed by atoms with Gasteiger partial charge in [-0.1, -0.05) is 48.5 Å². The van der Waals surface area contributed by atoms with Gasteiger partial charge >= 0.3 is 0 Å². The van der Waals surface area contributed by atoms with Crippen LogP contribution in [0.5, 0.6) is 0 Å². The molecule has 0 aromatic heterocycles. The van der Waals surface area contributed by atoms with Crippen LogP contribution in [0.2, 0.25) is 0 Å². The first kappa shape index (κ1) is 19.6. The highest BCUT2D eigenvalue weighted by Crippen LogP contribution is 2.55. The van der Waals surface area contributed by atoms with Gasteiger partial charge in [0.1, 0.15) is 11.3 Å². The Hall–Kier alpha value is -1.74.